The third-order valence-corrected chi connectivity index (χ3v) is 8.66. The van der Waals surface area contributed by atoms with Crippen LogP contribution >= 0.6 is 22.7 Å². The molecule has 1 atom stereocenters. The summed E-state index contributed by atoms with van der Waals surface area (Å²) in [5.74, 6) is -0.524. The van der Waals surface area contributed by atoms with Gasteiger partial charge >= 0.3 is 0 Å². The summed E-state index contributed by atoms with van der Waals surface area (Å²) in [5.41, 5.74) is 0.859. The molecule has 1 fully saturated rings. The molecular formula is C18H25N3O3S3. The summed E-state index contributed by atoms with van der Waals surface area (Å²) in [7, 11) is -3.54. The predicted octanol–water partition coefficient (Wildman–Crippen LogP) is 3.85. The lowest BCUT2D eigenvalue weighted by molar-refractivity contribution is -0.120. The van der Waals surface area contributed by atoms with Crippen LogP contribution in [0.4, 0.5) is 5.13 Å². The highest BCUT2D eigenvalue weighted by Crippen LogP contribution is 2.30. The van der Waals surface area contributed by atoms with Crippen LogP contribution in [0.1, 0.15) is 44.2 Å². The molecule has 0 saturated carbocycles. The number of rotatable bonds is 4. The largest absolute Gasteiger partial charge is 0.302 e. The minimum absolute atomic E-state index is 0.0754. The van der Waals surface area contributed by atoms with Crippen LogP contribution in [0.15, 0.2) is 21.7 Å². The molecule has 3 rings (SSSR count). The first-order valence-corrected chi connectivity index (χ1v) is 12.0. The fourth-order valence-corrected chi connectivity index (χ4v) is 6.84. The number of sulfonamides is 1. The predicted molar refractivity (Wildman–Crippen MR) is 110 cm³/mol. The van der Waals surface area contributed by atoms with Gasteiger partial charge in [0, 0.05) is 28.8 Å². The maximum Gasteiger partial charge on any atom is 0.252 e. The van der Waals surface area contributed by atoms with Gasteiger partial charge in [0.1, 0.15) is 4.21 Å². The quantitative estimate of drug-likeness (QED) is 0.804. The van der Waals surface area contributed by atoms with Crippen molar-refractivity contribution in [3.63, 3.8) is 0 Å². The summed E-state index contributed by atoms with van der Waals surface area (Å²) in [6, 6.07) is 3.45. The molecule has 0 aliphatic carbocycles. The Bertz CT molecular complexity index is 925. The lowest BCUT2D eigenvalue weighted by atomic mass is 9.93. The maximum absolute atomic E-state index is 12.8. The minimum Gasteiger partial charge on any atom is -0.302 e. The van der Waals surface area contributed by atoms with Gasteiger partial charge in [0.15, 0.2) is 5.13 Å². The van der Waals surface area contributed by atoms with E-state index in [2.05, 4.69) is 31.1 Å². The monoisotopic (exact) mass is 427 g/mol. The van der Waals surface area contributed by atoms with Gasteiger partial charge in [0.05, 0.1) is 11.6 Å². The van der Waals surface area contributed by atoms with Gasteiger partial charge < -0.3 is 5.32 Å². The molecule has 148 valence electrons. The van der Waals surface area contributed by atoms with Crippen LogP contribution in [0.2, 0.25) is 0 Å². The maximum atomic E-state index is 12.8. The smallest absolute Gasteiger partial charge is 0.252 e. The average molecular weight is 428 g/mol. The molecule has 0 radical (unpaired) electrons. The molecule has 0 bridgehead atoms. The fraction of sp³-hybridized carbons (Fsp3) is 0.556. The van der Waals surface area contributed by atoms with Crippen LogP contribution in [0.25, 0.3) is 0 Å². The molecule has 1 aliphatic heterocycles. The number of nitrogens with one attached hydrogen (secondary N) is 1. The highest BCUT2D eigenvalue weighted by atomic mass is 32.2. The van der Waals surface area contributed by atoms with Gasteiger partial charge in [-0.1, -0.05) is 20.8 Å². The van der Waals surface area contributed by atoms with Crippen molar-refractivity contribution in [3.05, 3.63) is 28.1 Å². The third kappa shape index (κ3) is 4.59. The molecule has 27 heavy (non-hydrogen) atoms. The van der Waals surface area contributed by atoms with E-state index in [1.807, 2.05) is 12.3 Å². The van der Waals surface area contributed by atoms with Gasteiger partial charge in [-0.3, -0.25) is 4.79 Å². The molecular weight excluding hydrogens is 402 g/mol. The van der Waals surface area contributed by atoms with Crippen LogP contribution in [0, 0.1) is 12.8 Å². The molecule has 0 aromatic carbocycles. The standard InChI is InChI=1S/C18H25N3O3S3/c1-12-7-8-15(26-12)27(23,24)21-9-5-6-13(10-21)16(22)20-17-19-14(11-25-17)18(2,3)4/h7-8,11,13H,5-6,9-10H2,1-4H3,(H,19,20,22)/t13-/m0/s1. The van der Waals surface area contributed by atoms with Crippen molar-refractivity contribution in [2.24, 2.45) is 5.92 Å². The number of aryl methyl sites for hydroxylation is 1. The number of hydrogen-bond donors (Lipinski definition) is 1. The van der Waals surface area contributed by atoms with Crippen molar-refractivity contribution >= 4 is 43.7 Å². The second-order valence-corrected chi connectivity index (χ2v) is 12.2. The van der Waals surface area contributed by atoms with Crippen LogP contribution in [-0.4, -0.2) is 36.7 Å². The molecule has 3 heterocycles. The number of aromatic nitrogens is 1. The molecule has 1 amide bonds. The summed E-state index contributed by atoms with van der Waals surface area (Å²) in [4.78, 5) is 18.1. The zero-order valence-electron chi connectivity index (χ0n) is 16.0. The summed E-state index contributed by atoms with van der Waals surface area (Å²) in [5, 5.41) is 5.39. The first-order chi connectivity index (χ1) is 12.6. The van der Waals surface area contributed by atoms with Crippen molar-refractivity contribution in [2.45, 2.75) is 50.2 Å². The molecule has 1 N–H and O–H groups in total. The van der Waals surface area contributed by atoms with E-state index in [0.29, 0.717) is 28.7 Å². The Balaban J connectivity index is 1.69. The normalized spacial score (nSPS) is 19.2. The topological polar surface area (TPSA) is 79.4 Å². The van der Waals surface area contributed by atoms with E-state index >= 15 is 0 Å². The van der Waals surface area contributed by atoms with Gasteiger partial charge in [-0.15, -0.1) is 22.7 Å². The lowest BCUT2D eigenvalue weighted by Crippen LogP contribution is -2.43. The number of thiazole rings is 1. The van der Waals surface area contributed by atoms with Gasteiger partial charge in [-0.25, -0.2) is 13.4 Å². The number of carbonyl (C=O) groups is 1. The Labute approximate surface area is 168 Å². The first kappa shape index (κ1) is 20.4. The van der Waals surface area contributed by atoms with Gasteiger partial charge in [-0.2, -0.15) is 4.31 Å². The fourth-order valence-electron chi connectivity index (χ4n) is 2.94. The van der Waals surface area contributed by atoms with Crippen molar-refractivity contribution in [3.8, 4) is 0 Å². The molecule has 6 nitrogen and oxygen atoms in total. The van der Waals surface area contributed by atoms with E-state index in [0.717, 1.165) is 10.6 Å². The highest BCUT2D eigenvalue weighted by Gasteiger charge is 2.34. The minimum atomic E-state index is -3.54. The summed E-state index contributed by atoms with van der Waals surface area (Å²) in [6.07, 6.45) is 1.35. The van der Waals surface area contributed by atoms with Crippen molar-refractivity contribution in [2.75, 3.05) is 18.4 Å². The number of amides is 1. The Morgan fingerprint density at radius 3 is 2.67 bits per heavy atom. The number of carbonyl (C=O) groups excluding carboxylic acids is 1. The molecule has 2 aromatic heterocycles. The number of nitrogens with zero attached hydrogens (tertiary/aromatic N) is 2. The molecule has 2 aromatic rings. The Kier molecular flexibility index (Phi) is 5.77. The van der Waals surface area contributed by atoms with Gasteiger partial charge in [0.25, 0.3) is 10.0 Å². The van der Waals surface area contributed by atoms with Crippen molar-refractivity contribution in [1.29, 1.82) is 0 Å². The summed E-state index contributed by atoms with van der Waals surface area (Å²) < 4.78 is 27.5. The Morgan fingerprint density at radius 2 is 2.07 bits per heavy atom. The second kappa shape index (κ2) is 7.62. The molecule has 1 aliphatic rings. The highest BCUT2D eigenvalue weighted by molar-refractivity contribution is 7.91. The third-order valence-electron chi connectivity index (χ3n) is 4.57. The molecule has 0 unspecified atom stereocenters. The number of thiophene rings is 1. The van der Waals surface area contributed by atoms with E-state index in [-0.39, 0.29) is 23.8 Å². The average Bonchev–Trinajstić information content (AvgIpc) is 3.24. The van der Waals surface area contributed by atoms with E-state index in [4.69, 9.17) is 0 Å². The SMILES string of the molecule is Cc1ccc(S(=O)(=O)N2CCC[C@H](C(=O)Nc3nc(C(C)(C)C)cs3)C2)s1. The molecule has 1 saturated heterocycles. The molecule has 9 heteroatoms. The number of piperidine rings is 1. The van der Waals surface area contributed by atoms with E-state index < -0.39 is 10.0 Å². The van der Waals surface area contributed by atoms with Crippen molar-refractivity contribution in [1.82, 2.24) is 9.29 Å². The van der Waals surface area contributed by atoms with E-state index in [1.165, 1.54) is 27.0 Å². The number of anilines is 1. The second-order valence-electron chi connectivity index (χ2n) is 7.84. The van der Waals surface area contributed by atoms with Crippen LogP contribution in [0.3, 0.4) is 0 Å². The van der Waals surface area contributed by atoms with E-state index in [9.17, 15) is 13.2 Å². The van der Waals surface area contributed by atoms with Crippen LogP contribution < -0.4 is 5.32 Å². The van der Waals surface area contributed by atoms with Gasteiger partial charge in [0.2, 0.25) is 5.91 Å². The zero-order chi connectivity index (χ0) is 19.8. The van der Waals surface area contributed by atoms with Crippen molar-refractivity contribution < 1.29 is 13.2 Å². The zero-order valence-corrected chi connectivity index (χ0v) is 18.4. The van der Waals surface area contributed by atoms with Crippen LogP contribution in [-0.2, 0) is 20.2 Å². The molecule has 0 spiro atoms. The Morgan fingerprint density at radius 1 is 1.33 bits per heavy atom. The van der Waals surface area contributed by atoms with Gasteiger partial charge in [-0.05, 0) is 31.9 Å². The first-order valence-electron chi connectivity index (χ1n) is 8.91. The number of hydrogen-bond acceptors (Lipinski definition) is 6. The van der Waals surface area contributed by atoms with Crippen LogP contribution in [0.5, 0.6) is 0 Å². The summed E-state index contributed by atoms with van der Waals surface area (Å²) in [6.45, 7) is 8.77. The summed E-state index contributed by atoms with van der Waals surface area (Å²) >= 11 is 2.67. The van der Waals surface area contributed by atoms with E-state index in [1.54, 1.807) is 12.1 Å². The lowest BCUT2D eigenvalue weighted by Gasteiger charge is -2.30. The Hall–Kier alpha value is -1.29.